The fourth-order valence-electron chi connectivity index (χ4n) is 5.62. The molecule has 0 unspecified atom stereocenters. The van der Waals surface area contributed by atoms with Gasteiger partial charge in [0.25, 0.3) is 5.91 Å². The van der Waals surface area contributed by atoms with Gasteiger partial charge in [-0.25, -0.2) is 0 Å². The summed E-state index contributed by atoms with van der Waals surface area (Å²) in [5.41, 5.74) is 3.24. The van der Waals surface area contributed by atoms with Crippen molar-refractivity contribution in [3.63, 3.8) is 0 Å². The summed E-state index contributed by atoms with van der Waals surface area (Å²) in [6.45, 7) is 0.766. The molecule has 0 spiro atoms. The minimum absolute atomic E-state index is 0.0348. The molecule has 262 valence electrons. The molecule has 1 atom stereocenters. The summed E-state index contributed by atoms with van der Waals surface area (Å²) in [4.78, 5) is 27.8. The first-order chi connectivity index (χ1) is 23.4. The number of hydrogen-bond acceptors (Lipinski definition) is 6. The van der Waals surface area contributed by atoms with Crippen LogP contribution in [0.3, 0.4) is 0 Å². The number of aliphatic hydroxyl groups excluding tert-OH is 1. The van der Waals surface area contributed by atoms with Crippen molar-refractivity contribution in [2.24, 2.45) is 0 Å². The Kier molecular flexibility index (Phi) is 12.4. The number of nitrogens with one attached hydrogen (secondary N) is 2. The summed E-state index contributed by atoms with van der Waals surface area (Å²) in [5, 5.41) is 17.0. The molecule has 1 heterocycles. The molecule has 49 heavy (non-hydrogen) atoms. The number of amides is 2. The molecule has 1 aliphatic carbocycles. The third-order valence-electron chi connectivity index (χ3n) is 8.12. The number of benzene rings is 3. The zero-order chi connectivity index (χ0) is 35.1. The fourth-order valence-corrected chi connectivity index (χ4v) is 6.31. The van der Waals surface area contributed by atoms with E-state index in [0.717, 1.165) is 24.0 Å². The first-order valence-corrected chi connectivity index (χ1v) is 16.9. The normalized spacial score (nSPS) is 16.3. The molecule has 5 rings (SSSR count). The number of halogens is 6. The Morgan fingerprint density at radius 3 is 2.31 bits per heavy atom. The lowest BCUT2D eigenvalue weighted by molar-refractivity contribution is -0.153. The fraction of sp³-hybridized carbons (Fsp3) is 0.371. The highest BCUT2D eigenvalue weighted by molar-refractivity contribution is 6.37. The summed E-state index contributed by atoms with van der Waals surface area (Å²) in [6, 6.07) is 16.7. The van der Waals surface area contributed by atoms with Crippen LogP contribution in [0, 0.1) is 0 Å². The molecule has 1 aliphatic heterocycles. The molecule has 8 nitrogen and oxygen atoms in total. The maximum Gasteiger partial charge on any atom is 0.397 e. The molecular formula is C35H35Cl3F3N3O5. The highest BCUT2D eigenvalue weighted by Gasteiger charge is 2.38. The number of aliphatic hydroxyl groups is 1. The predicted molar refractivity (Wildman–Crippen MR) is 182 cm³/mol. The largest absolute Gasteiger partial charge is 0.490 e. The smallest absolute Gasteiger partial charge is 0.397 e. The second kappa shape index (κ2) is 16.5. The number of hydrogen-bond donors (Lipinski definition) is 3. The van der Waals surface area contributed by atoms with Gasteiger partial charge in [0.15, 0.2) is 5.75 Å². The highest BCUT2D eigenvalue weighted by Crippen LogP contribution is 2.36. The molecule has 0 bridgehead atoms. The van der Waals surface area contributed by atoms with Crippen molar-refractivity contribution >= 4 is 52.2 Å². The van der Waals surface area contributed by atoms with Gasteiger partial charge in [0, 0.05) is 29.7 Å². The van der Waals surface area contributed by atoms with Crippen LogP contribution in [0.1, 0.15) is 42.4 Å². The van der Waals surface area contributed by atoms with Crippen molar-refractivity contribution in [2.45, 2.75) is 57.0 Å². The first kappa shape index (κ1) is 36.8. The average Bonchev–Trinajstić information content (AvgIpc) is 3.91. The lowest BCUT2D eigenvalue weighted by atomic mass is 9.88. The number of para-hydroxylation sites is 1. The monoisotopic (exact) mass is 739 g/mol. The maximum atomic E-state index is 14.3. The van der Waals surface area contributed by atoms with Gasteiger partial charge in [-0.15, -0.1) is 0 Å². The Morgan fingerprint density at radius 1 is 0.959 bits per heavy atom. The Balaban J connectivity index is 1.30. The summed E-state index contributed by atoms with van der Waals surface area (Å²) in [5.74, 6) is -0.380. The minimum atomic E-state index is -4.60. The topological polar surface area (TPSA) is 100 Å². The third-order valence-corrected chi connectivity index (χ3v) is 9.09. The van der Waals surface area contributed by atoms with Crippen LogP contribution in [0.4, 0.5) is 13.2 Å². The molecule has 3 aromatic rings. The maximum absolute atomic E-state index is 14.3. The van der Waals surface area contributed by atoms with Crippen LogP contribution in [0.15, 0.2) is 66.2 Å². The molecule has 3 aromatic carbocycles. The van der Waals surface area contributed by atoms with Crippen molar-refractivity contribution < 1.29 is 37.3 Å². The lowest BCUT2D eigenvalue weighted by Gasteiger charge is -2.33. The molecule has 0 saturated heterocycles. The van der Waals surface area contributed by atoms with Crippen molar-refractivity contribution in [1.82, 2.24) is 15.5 Å². The zero-order valence-corrected chi connectivity index (χ0v) is 28.6. The van der Waals surface area contributed by atoms with Crippen molar-refractivity contribution in [1.29, 1.82) is 0 Å². The Bertz CT molecular complexity index is 1660. The van der Waals surface area contributed by atoms with E-state index in [1.54, 1.807) is 53.4 Å². The minimum Gasteiger partial charge on any atom is -0.490 e. The molecule has 0 radical (unpaired) electrons. The molecule has 1 fully saturated rings. The van der Waals surface area contributed by atoms with Gasteiger partial charge in [-0.1, -0.05) is 65.1 Å². The molecule has 2 aliphatic rings. The third kappa shape index (κ3) is 10.0. The van der Waals surface area contributed by atoms with Gasteiger partial charge in [0.05, 0.1) is 22.7 Å². The number of ether oxygens (including phenoxy) is 2. The van der Waals surface area contributed by atoms with Gasteiger partial charge in [-0.2, -0.15) is 13.2 Å². The Labute approximate surface area is 297 Å². The lowest BCUT2D eigenvalue weighted by Crippen LogP contribution is -2.46. The van der Waals surface area contributed by atoms with E-state index < -0.39 is 24.5 Å². The molecule has 3 N–H and O–H groups in total. The van der Waals surface area contributed by atoms with Gasteiger partial charge < -0.3 is 30.1 Å². The van der Waals surface area contributed by atoms with Gasteiger partial charge in [0.2, 0.25) is 5.91 Å². The highest BCUT2D eigenvalue weighted by atomic mass is 35.5. The van der Waals surface area contributed by atoms with Crippen LogP contribution >= 0.6 is 34.8 Å². The number of rotatable bonds is 14. The molecule has 1 saturated carbocycles. The van der Waals surface area contributed by atoms with E-state index in [4.69, 9.17) is 44.3 Å². The van der Waals surface area contributed by atoms with Crippen LogP contribution in [-0.4, -0.2) is 66.4 Å². The van der Waals surface area contributed by atoms with Crippen LogP contribution in [0.2, 0.25) is 15.1 Å². The van der Waals surface area contributed by atoms with E-state index in [-0.39, 0.29) is 44.9 Å². The zero-order valence-electron chi connectivity index (χ0n) is 26.3. The van der Waals surface area contributed by atoms with Crippen molar-refractivity contribution in [2.75, 3.05) is 26.4 Å². The first-order valence-electron chi connectivity index (χ1n) is 15.7. The summed E-state index contributed by atoms with van der Waals surface area (Å²) in [7, 11) is 0. The predicted octanol–water partition coefficient (Wildman–Crippen LogP) is 6.97. The Morgan fingerprint density at radius 2 is 1.65 bits per heavy atom. The van der Waals surface area contributed by atoms with Crippen LogP contribution in [0.25, 0.3) is 5.57 Å². The number of alkyl halides is 3. The van der Waals surface area contributed by atoms with E-state index in [9.17, 15) is 27.9 Å². The molecule has 0 aromatic heterocycles. The number of nitrogens with zero attached hydrogens (tertiary/aromatic N) is 1. The molecule has 14 heteroatoms. The Hall–Kier alpha value is -3.48. The van der Waals surface area contributed by atoms with Crippen molar-refractivity contribution in [3.8, 4) is 11.5 Å². The molecular weight excluding hydrogens is 706 g/mol. The summed E-state index contributed by atoms with van der Waals surface area (Å²) in [6.07, 6.45) is -4.02. The van der Waals surface area contributed by atoms with Crippen molar-refractivity contribution in [3.05, 3.63) is 98.0 Å². The van der Waals surface area contributed by atoms with Gasteiger partial charge >= 0.3 is 6.18 Å². The summed E-state index contributed by atoms with van der Waals surface area (Å²) < 4.78 is 49.3. The van der Waals surface area contributed by atoms with Crippen LogP contribution in [-0.2, 0) is 22.7 Å². The van der Waals surface area contributed by atoms with E-state index in [0.29, 0.717) is 56.2 Å². The van der Waals surface area contributed by atoms with E-state index in [1.807, 2.05) is 12.1 Å². The van der Waals surface area contributed by atoms with Gasteiger partial charge in [-0.05, 0) is 78.4 Å². The second-order valence-corrected chi connectivity index (χ2v) is 13.0. The van der Waals surface area contributed by atoms with Gasteiger partial charge in [0.1, 0.15) is 25.4 Å². The summed E-state index contributed by atoms with van der Waals surface area (Å²) >= 11 is 18.8. The van der Waals surface area contributed by atoms with Crippen LogP contribution in [0.5, 0.6) is 11.5 Å². The quantitative estimate of drug-likeness (QED) is 0.155. The van der Waals surface area contributed by atoms with E-state index >= 15 is 0 Å². The van der Waals surface area contributed by atoms with E-state index in [2.05, 4.69) is 10.6 Å². The SMILES string of the molecule is O=C(CC(F)(F)F)NCc1ccc(Cl)c(CN(C(=O)C2=C(c3ccc(OCCOc4c(Cl)cccc4Cl)cc3)CCN[C@@H]2CO)C2CC2)c1. The number of carbonyl (C=O) groups excluding carboxylic acids is 2. The van der Waals surface area contributed by atoms with E-state index in [1.165, 1.54) is 0 Å². The molecule has 2 amide bonds. The van der Waals surface area contributed by atoms with Crippen LogP contribution < -0.4 is 20.1 Å². The standard InChI is InChI=1S/C35H35Cl3F3N3O5/c36-27-11-4-21(18-43-31(46)17-35(39,40)41)16-23(27)19-44(24-7-8-24)34(47)32-26(12-13-42-30(32)20-45)22-5-9-25(10-6-22)48-14-15-49-33-28(37)2-1-3-29(33)38/h1-6,9-11,16,24,30,42,45H,7-8,12-15,17-20H2,(H,43,46)/t30-/m1/s1. The average molecular weight is 741 g/mol. The number of carbonyl (C=O) groups is 2. The van der Waals surface area contributed by atoms with Gasteiger partial charge in [-0.3, -0.25) is 9.59 Å². The second-order valence-electron chi connectivity index (χ2n) is 11.8.